The summed E-state index contributed by atoms with van der Waals surface area (Å²) >= 11 is 5.14. The molecule has 0 fully saturated rings. The maximum absolute atomic E-state index is 4.54. The van der Waals surface area contributed by atoms with Crippen LogP contribution in [0, 0.1) is 6.92 Å². The van der Waals surface area contributed by atoms with E-state index in [1.165, 1.54) is 10.4 Å². The molecular weight excluding hydrogens is 284 g/mol. The molecule has 0 bridgehead atoms. The van der Waals surface area contributed by atoms with Crippen LogP contribution >= 0.6 is 27.3 Å². The van der Waals surface area contributed by atoms with E-state index in [1.807, 2.05) is 7.05 Å². The Kier molecular flexibility index (Phi) is 3.61. The summed E-state index contributed by atoms with van der Waals surface area (Å²) < 4.78 is 1.11. The van der Waals surface area contributed by atoms with E-state index in [0.717, 1.165) is 21.7 Å². The smallest absolute Gasteiger partial charge is 0.182 e. The third-order valence-corrected chi connectivity index (χ3v) is 3.95. The van der Waals surface area contributed by atoms with E-state index < -0.39 is 0 Å². The van der Waals surface area contributed by atoms with Crippen molar-refractivity contribution in [1.29, 1.82) is 0 Å². The number of hydrogen-bond donors (Lipinski definition) is 1. The molecule has 1 heterocycles. The third kappa shape index (κ3) is 2.62. The molecule has 0 saturated heterocycles. The summed E-state index contributed by atoms with van der Waals surface area (Å²) in [6.45, 7) is 2.12. The maximum atomic E-state index is 4.54. The van der Waals surface area contributed by atoms with Crippen LogP contribution in [0.5, 0.6) is 0 Å². The molecule has 0 atom stereocenters. The molecule has 0 spiro atoms. The highest BCUT2D eigenvalue weighted by Crippen LogP contribution is 2.24. The van der Waals surface area contributed by atoms with Crippen molar-refractivity contribution in [3.8, 4) is 0 Å². The number of halogens is 1. The molecule has 0 aliphatic carbocycles. The normalized spacial score (nSPS) is 10.4. The number of rotatable bonds is 3. The van der Waals surface area contributed by atoms with E-state index >= 15 is 0 Å². The second-order valence-corrected chi connectivity index (χ2v) is 5.69. The van der Waals surface area contributed by atoms with E-state index in [4.69, 9.17) is 0 Å². The average Bonchev–Trinajstić information content (AvgIpc) is 2.63. The number of nitrogens with zero attached hydrogens (tertiary/aromatic N) is 1. The van der Waals surface area contributed by atoms with Gasteiger partial charge in [0.2, 0.25) is 0 Å². The summed E-state index contributed by atoms with van der Waals surface area (Å²) in [7, 11) is 1.90. The second kappa shape index (κ2) is 4.97. The van der Waals surface area contributed by atoms with Crippen molar-refractivity contribution in [2.45, 2.75) is 13.3 Å². The van der Waals surface area contributed by atoms with Crippen molar-refractivity contribution in [3.63, 3.8) is 0 Å². The van der Waals surface area contributed by atoms with Gasteiger partial charge in [-0.2, -0.15) is 0 Å². The Morgan fingerprint density at radius 2 is 2.00 bits per heavy atom. The Hall–Kier alpha value is -0.870. The SMILES string of the molecule is CNc1nc(Cc2ccc(Br)cc2)c(C)s1. The van der Waals surface area contributed by atoms with Gasteiger partial charge in [0.25, 0.3) is 0 Å². The van der Waals surface area contributed by atoms with E-state index in [2.05, 4.69) is 57.4 Å². The van der Waals surface area contributed by atoms with Crippen LogP contribution in [-0.2, 0) is 6.42 Å². The highest BCUT2D eigenvalue weighted by molar-refractivity contribution is 9.10. The van der Waals surface area contributed by atoms with Crippen molar-refractivity contribution in [3.05, 3.63) is 44.9 Å². The highest BCUT2D eigenvalue weighted by atomic mass is 79.9. The predicted octanol–water partition coefficient (Wildman–Crippen LogP) is 3.85. The van der Waals surface area contributed by atoms with Gasteiger partial charge < -0.3 is 5.32 Å². The first kappa shape index (κ1) is 11.6. The van der Waals surface area contributed by atoms with Gasteiger partial charge in [-0.1, -0.05) is 28.1 Å². The van der Waals surface area contributed by atoms with Crippen LogP contribution in [-0.4, -0.2) is 12.0 Å². The standard InChI is InChI=1S/C12H13BrN2S/c1-8-11(15-12(14-2)16-8)7-9-3-5-10(13)6-4-9/h3-6H,7H2,1-2H3,(H,14,15). The maximum Gasteiger partial charge on any atom is 0.182 e. The number of aromatic nitrogens is 1. The fourth-order valence-electron chi connectivity index (χ4n) is 1.49. The zero-order valence-electron chi connectivity index (χ0n) is 9.25. The summed E-state index contributed by atoms with van der Waals surface area (Å²) in [5.41, 5.74) is 2.45. The largest absolute Gasteiger partial charge is 0.365 e. The molecule has 16 heavy (non-hydrogen) atoms. The molecule has 84 valence electrons. The fourth-order valence-corrected chi connectivity index (χ4v) is 2.54. The first-order valence-electron chi connectivity index (χ1n) is 5.07. The van der Waals surface area contributed by atoms with Crippen molar-refractivity contribution >= 4 is 32.4 Å². The van der Waals surface area contributed by atoms with Gasteiger partial charge in [0.05, 0.1) is 5.69 Å². The summed E-state index contributed by atoms with van der Waals surface area (Å²) in [6.07, 6.45) is 0.900. The highest BCUT2D eigenvalue weighted by Gasteiger charge is 2.07. The topological polar surface area (TPSA) is 24.9 Å². The molecule has 1 aromatic carbocycles. The molecule has 0 saturated carbocycles. The predicted molar refractivity (Wildman–Crippen MR) is 73.3 cm³/mol. The minimum Gasteiger partial charge on any atom is -0.365 e. The summed E-state index contributed by atoms with van der Waals surface area (Å²) in [5.74, 6) is 0. The average molecular weight is 297 g/mol. The van der Waals surface area contributed by atoms with E-state index in [-0.39, 0.29) is 0 Å². The quantitative estimate of drug-likeness (QED) is 0.931. The van der Waals surface area contributed by atoms with E-state index in [1.54, 1.807) is 11.3 Å². The first-order chi connectivity index (χ1) is 7.69. The number of benzene rings is 1. The Morgan fingerprint density at radius 3 is 2.56 bits per heavy atom. The third-order valence-electron chi connectivity index (χ3n) is 2.39. The van der Waals surface area contributed by atoms with Gasteiger partial charge in [0, 0.05) is 22.8 Å². The first-order valence-corrected chi connectivity index (χ1v) is 6.68. The number of aryl methyl sites for hydroxylation is 1. The minimum absolute atomic E-state index is 0.900. The van der Waals surface area contributed by atoms with Crippen molar-refractivity contribution in [1.82, 2.24) is 4.98 Å². The fraction of sp³-hybridized carbons (Fsp3) is 0.250. The Morgan fingerprint density at radius 1 is 1.31 bits per heavy atom. The molecule has 2 aromatic rings. The molecule has 0 amide bonds. The molecule has 0 radical (unpaired) electrons. The Balaban J connectivity index is 2.19. The van der Waals surface area contributed by atoms with Gasteiger partial charge in [0.15, 0.2) is 5.13 Å². The summed E-state index contributed by atoms with van der Waals surface area (Å²) in [5, 5.41) is 4.07. The lowest BCUT2D eigenvalue weighted by Crippen LogP contribution is -1.92. The Bertz CT molecular complexity index is 476. The number of anilines is 1. The van der Waals surface area contributed by atoms with Crippen LogP contribution in [0.4, 0.5) is 5.13 Å². The van der Waals surface area contributed by atoms with Crippen LogP contribution in [0.25, 0.3) is 0 Å². The van der Waals surface area contributed by atoms with Crippen LogP contribution in [0.15, 0.2) is 28.7 Å². The van der Waals surface area contributed by atoms with Crippen LogP contribution in [0.2, 0.25) is 0 Å². The second-order valence-electron chi connectivity index (χ2n) is 3.58. The number of hydrogen-bond acceptors (Lipinski definition) is 3. The van der Waals surface area contributed by atoms with Gasteiger partial charge in [-0.15, -0.1) is 11.3 Å². The summed E-state index contributed by atoms with van der Waals surface area (Å²) in [4.78, 5) is 5.83. The number of thiazole rings is 1. The van der Waals surface area contributed by atoms with Gasteiger partial charge in [-0.3, -0.25) is 0 Å². The van der Waals surface area contributed by atoms with Crippen molar-refractivity contribution < 1.29 is 0 Å². The number of nitrogens with one attached hydrogen (secondary N) is 1. The molecule has 0 aliphatic rings. The zero-order chi connectivity index (χ0) is 11.5. The molecule has 2 nitrogen and oxygen atoms in total. The molecular formula is C12H13BrN2S. The lowest BCUT2D eigenvalue weighted by Gasteiger charge is -1.99. The van der Waals surface area contributed by atoms with Gasteiger partial charge >= 0.3 is 0 Å². The molecule has 0 unspecified atom stereocenters. The minimum atomic E-state index is 0.900. The molecule has 1 aromatic heterocycles. The van der Waals surface area contributed by atoms with Gasteiger partial charge in [-0.25, -0.2) is 4.98 Å². The van der Waals surface area contributed by atoms with Crippen molar-refractivity contribution in [2.24, 2.45) is 0 Å². The summed E-state index contributed by atoms with van der Waals surface area (Å²) in [6, 6.07) is 8.38. The molecule has 0 aliphatic heterocycles. The van der Waals surface area contributed by atoms with E-state index in [9.17, 15) is 0 Å². The zero-order valence-corrected chi connectivity index (χ0v) is 11.7. The lowest BCUT2D eigenvalue weighted by molar-refractivity contribution is 1.08. The van der Waals surface area contributed by atoms with Crippen molar-refractivity contribution in [2.75, 3.05) is 12.4 Å². The molecule has 1 N–H and O–H groups in total. The van der Waals surface area contributed by atoms with Gasteiger partial charge in [-0.05, 0) is 24.6 Å². The Labute approximate surface area is 108 Å². The van der Waals surface area contributed by atoms with Gasteiger partial charge in [0.1, 0.15) is 0 Å². The van der Waals surface area contributed by atoms with E-state index in [0.29, 0.717) is 0 Å². The van der Waals surface area contributed by atoms with Crippen LogP contribution in [0.3, 0.4) is 0 Å². The lowest BCUT2D eigenvalue weighted by atomic mass is 10.1. The molecule has 2 rings (SSSR count). The molecule has 4 heteroatoms. The van der Waals surface area contributed by atoms with Crippen LogP contribution in [0.1, 0.15) is 16.1 Å². The monoisotopic (exact) mass is 296 g/mol. The van der Waals surface area contributed by atoms with Crippen LogP contribution < -0.4 is 5.32 Å².